The summed E-state index contributed by atoms with van der Waals surface area (Å²) < 4.78 is 10.2. The minimum absolute atomic E-state index is 0.105. The van der Waals surface area contributed by atoms with Gasteiger partial charge in [-0.05, 0) is 18.4 Å². The smallest absolute Gasteiger partial charge is 0.328 e. The molecule has 2 fully saturated rings. The van der Waals surface area contributed by atoms with Crippen molar-refractivity contribution in [3.05, 3.63) is 35.9 Å². The van der Waals surface area contributed by atoms with Gasteiger partial charge in [-0.15, -0.1) is 0 Å². The predicted octanol–water partition coefficient (Wildman–Crippen LogP) is 1.29. The van der Waals surface area contributed by atoms with E-state index in [9.17, 15) is 9.59 Å². The van der Waals surface area contributed by atoms with Crippen molar-refractivity contribution >= 4 is 11.9 Å². The molecule has 1 amide bonds. The number of nitrogens with zero attached hydrogens (tertiary/aromatic N) is 1. The van der Waals surface area contributed by atoms with Gasteiger partial charge in [0.2, 0.25) is 0 Å². The summed E-state index contributed by atoms with van der Waals surface area (Å²) in [5, 5.41) is 0. The Hall–Kier alpha value is -1.88. The Labute approximate surface area is 117 Å². The number of methoxy groups -OCH3 is 1. The number of ether oxygens (including phenoxy) is 2. The molecule has 3 rings (SSSR count). The van der Waals surface area contributed by atoms with Crippen LogP contribution in [0.4, 0.5) is 0 Å². The quantitative estimate of drug-likeness (QED) is 0.616. The highest BCUT2D eigenvalue weighted by atomic mass is 16.6. The first kappa shape index (κ1) is 13.1. The van der Waals surface area contributed by atoms with Crippen molar-refractivity contribution in [1.29, 1.82) is 0 Å². The topological polar surface area (TPSA) is 59.1 Å². The van der Waals surface area contributed by atoms with Gasteiger partial charge in [-0.2, -0.15) is 0 Å². The minimum atomic E-state index is -0.456. The minimum Gasteiger partial charge on any atom is -0.467 e. The number of likely N-dealkylation sites (tertiary alicyclic amines) is 1. The van der Waals surface area contributed by atoms with Crippen molar-refractivity contribution in [2.24, 2.45) is 0 Å². The molecule has 0 radical (unpaired) electrons. The molecule has 5 nitrogen and oxygen atoms in total. The Morgan fingerprint density at radius 2 is 2.05 bits per heavy atom. The van der Waals surface area contributed by atoms with Crippen molar-refractivity contribution < 1.29 is 19.1 Å². The molecule has 1 aromatic carbocycles. The molecule has 0 spiro atoms. The lowest BCUT2D eigenvalue weighted by atomic mass is 10.1. The fraction of sp³-hybridized carbons (Fsp3) is 0.467. The largest absolute Gasteiger partial charge is 0.467 e. The fourth-order valence-electron chi connectivity index (χ4n) is 2.77. The van der Waals surface area contributed by atoms with Crippen LogP contribution < -0.4 is 0 Å². The molecule has 2 aliphatic rings. The van der Waals surface area contributed by atoms with Gasteiger partial charge in [0.1, 0.15) is 12.1 Å². The Morgan fingerprint density at radius 3 is 2.75 bits per heavy atom. The van der Waals surface area contributed by atoms with Crippen LogP contribution in [0.15, 0.2) is 30.3 Å². The van der Waals surface area contributed by atoms with Crippen LogP contribution in [0.1, 0.15) is 24.5 Å². The molecular formula is C15H17NO4. The third-order valence-electron chi connectivity index (χ3n) is 3.87. The summed E-state index contributed by atoms with van der Waals surface area (Å²) in [6.45, 7) is 0.597. The lowest BCUT2D eigenvalue weighted by Crippen LogP contribution is -2.43. The fourth-order valence-corrected chi connectivity index (χ4v) is 2.77. The van der Waals surface area contributed by atoms with Crippen molar-refractivity contribution in [2.45, 2.75) is 31.1 Å². The number of hydrogen-bond donors (Lipinski definition) is 0. The van der Waals surface area contributed by atoms with Gasteiger partial charge in [-0.25, -0.2) is 4.79 Å². The molecule has 3 atom stereocenters. The van der Waals surface area contributed by atoms with E-state index in [1.807, 2.05) is 30.3 Å². The Kier molecular flexibility index (Phi) is 3.44. The van der Waals surface area contributed by atoms with Crippen molar-refractivity contribution in [1.82, 2.24) is 4.90 Å². The van der Waals surface area contributed by atoms with Gasteiger partial charge in [0, 0.05) is 6.54 Å². The zero-order valence-electron chi connectivity index (χ0n) is 11.3. The summed E-state index contributed by atoms with van der Waals surface area (Å²) in [5.74, 6) is -0.445. The molecule has 2 heterocycles. The van der Waals surface area contributed by atoms with E-state index >= 15 is 0 Å². The zero-order valence-corrected chi connectivity index (χ0v) is 11.3. The number of benzene rings is 1. The van der Waals surface area contributed by atoms with Crippen LogP contribution in [0.2, 0.25) is 0 Å². The summed E-state index contributed by atoms with van der Waals surface area (Å²) in [6.07, 6.45) is 0.861. The summed E-state index contributed by atoms with van der Waals surface area (Å²) >= 11 is 0. The van der Waals surface area contributed by atoms with E-state index < -0.39 is 12.1 Å². The van der Waals surface area contributed by atoms with Crippen LogP contribution in [0.5, 0.6) is 0 Å². The van der Waals surface area contributed by atoms with Gasteiger partial charge >= 0.3 is 5.97 Å². The van der Waals surface area contributed by atoms with Gasteiger partial charge in [0.05, 0.1) is 7.11 Å². The summed E-state index contributed by atoms with van der Waals surface area (Å²) in [5.41, 5.74) is 1.000. The van der Waals surface area contributed by atoms with Gasteiger partial charge in [0.15, 0.2) is 6.10 Å². The number of rotatable bonds is 3. The van der Waals surface area contributed by atoms with E-state index in [0.717, 1.165) is 12.0 Å². The highest BCUT2D eigenvalue weighted by molar-refractivity contribution is 5.89. The molecule has 1 aromatic rings. The highest BCUT2D eigenvalue weighted by Crippen LogP contribution is 2.40. The first-order valence-electron chi connectivity index (χ1n) is 6.81. The van der Waals surface area contributed by atoms with E-state index in [0.29, 0.717) is 13.0 Å². The van der Waals surface area contributed by atoms with E-state index in [1.165, 1.54) is 7.11 Å². The lowest BCUT2D eigenvalue weighted by molar-refractivity contribution is -0.151. The molecule has 0 aromatic heterocycles. The molecule has 0 bridgehead atoms. The van der Waals surface area contributed by atoms with Crippen LogP contribution in [0, 0.1) is 0 Å². The standard InChI is InChI=1S/C15H17NO4/c1-19-15(18)11-8-5-9-16(11)14(17)13-12(20-13)10-6-3-2-4-7-10/h2-4,6-7,11-13H,5,8-9H2,1H3/t11-,12-,13-/m1/s1. The number of amides is 1. The second kappa shape index (κ2) is 5.25. The molecule has 106 valence electrons. The van der Waals surface area contributed by atoms with E-state index in [2.05, 4.69) is 0 Å². The number of epoxide rings is 1. The van der Waals surface area contributed by atoms with E-state index in [4.69, 9.17) is 9.47 Å². The van der Waals surface area contributed by atoms with Crippen LogP contribution in [0.25, 0.3) is 0 Å². The summed E-state index contributed by atoms with van der Waals surface area (Å²) in [7, 11) is 1.35. The van der Waals surface area contributed by atoms with Crippen molar-refractivity contribution in [2.75, 3.05) is 13.7 Å². The van der Waals surface area contributed by atoms with Crippen LogP contribution >= 0.6 is 0 Å². The maximum absolute atomic E-state index is 12.4. The molecular weight excluding hydrogens is 258 g/mol. The molecule has 2 aliphatic heterocycles. The first-order chi connectivity index (χ1) is 9.72. The normalized spacial score (nSPS) is 28.2. The van der Waals surface area contributed by atoms with Gasteiger partial charge < -0.3 is 14.4 Å². The average Bonchev–Trinajstić information content (AvgIpc) is 3.15. The second-order valence-corrected chi connectivity index (χ2v) is 5.10. The highest BCUT2D eigenvalue weighted by Gasteiger charge is 2.50. The number of carbonyl (C=O) groups excluding carboxylic acids is 2. The SMILES string of the molecule is COC(=O)[C@H]1CCCN1C(=O)[C@@H]1O[C@@H]1c1ccccc1. The lowest BCUT2D eigenvalue weighted by Gasteiger charge is -2.21. The monoisotopic (exact) mass is 275 g/mol. The van der Waals surface area contributed by atoms with E-state index in [1.54, 1.807) is 4.90 Å². The summed E-state index contributed by atoms with van der Waals surface area (Å²) in [4.78, 5) is 25.7. The average molecular weight is 275 g/mol. The molecule has 0 unspecified atom stereocenters. The number of hydrogen-bond acceptors (Lipinski definition) is 4. The Balaban J connectivity index is 1.67. The van der Waals surface area contributed by atoms with Crippen molar-refractivity contribution in [3.8, 4) is 0 Å². The zero-order chi connectivity index (χ0) is 14.1. The van der Waals surface area contributed by atoms with E-state index in [-0.39, 0.29) is 18.0 Å². The molecule has 20 heavy (non-hydrogen) atoms. The van der Waals surface area contributed by atoms with Crippen LogP contribution in [0.3, 0.4) is 0 Å². The maximum atomic E-state index is 12.4. The third-order valence-corrected chi connectivity index (χ3v) is 3.87. The molecule has 2 saturated heterocycles. The maximum Gasteiger partial charge on any atom is 0.328 e. The van der Waals surface area contributed by atoms with Crippen LogP contribution in [-0.4, -0.2) is 42.6 Å². The Bertz CT molecular complexity index is 516. The third kappa shape index (κ3) is 2.29. The summed E-state index contributed by atoms with van der Waals surface area (Å²) in [6, 6.07) is 9.21. The Morgan fingerprint density at radius 1 is 1.30 bits per heavy atom. The molecule has 5 heteroatoms. The van der Waals surface area contributed by atoms with Crippen molar-refractivity contribution in [3.63, 3.8) is 0 Å². The van der Waals surface area contributed by atoms with Gasteiger partial charge in [-0.1, -0.05) is 30.3 Å². The number of carbonyl (C=O) groups is 2. The predicted molar refractivity (Wildman–Crippen MR) is 70.8 cm³/mol. The molecule has 0 saturated carbocycles. The van der Waals surface area contributed by atoms with Gasteiger partial charge in [-0.3, -0.25) is 4.79 Å². The second-order valence-electron chi connectivity index (χ2n) is 5.10. The molecule has 0 aliphatic carbocycles. The first-order valence-corrected chi connectivity index (χ1v) is 6.81. The van der Waals surface area contributed by atoms with Gasteiger partial charge in [0.25, 0.3) is 5.91 Å². The molecule has 0 N–H and O–H groups in total. The van der Waals surface area contributed by atoms with Crippen LogP contribution in [-0.2, 0) is 19.1 Å². The number of esters is 1.